The lowest BCUT2D eigenvalue weighted by molar-refractivity contribution is -0.391. The minimum absolute atomic E-state index is 0.734. The van der Waals surface area contributed by atoms with Gasteiger partial charge in [0.1, 0.15) is 73.2 Å². The molecule has 0 aliphatic carbocycles. The fraction of sp³-hybridized carbons (Fsp3) is 1.00. The third-order valence-electron chi connectivity index (χ3n) is 6.10. The van der Waals surface area contributed by atoms with Crippen molar-refractivity contribution < 1.29 is 79.9 Å². The monoisotopic (exact) mass is 504 g/mol. The van der Waals surface area contributed by atoms with Crippen LogP contribution >= 0.6 is 0 Å². The fourth-order valence-corrected chi connectivity index (χ4v) is 4.02. The van der Waals surface area contributed by atoms with Crippen LogP contribution in [0.25, 0.3) is 0 Å². The van der Waals surface area contributed by atoms with E-state index in [1.54, 1.807) is 0 Å². The van der Waals surface area contributed by atoms with Gasteiger partial charge in [0.25, 0.3) is 0 Å². The molecule has 0 bridgehead atoms. The fourth-order valence-electron chi connectivity index (χ4n) is 4.02. The van der Waals surface area contributed by atoms with Crippen LogP contribution in [0.1, 0.15) is 0 Å². The van der Waals surface area contributed by atoms with Gasteiger partial charge in [-0.05, 0) is 0 Å². The molecule has 0 radical (unpaired) electrons. The van der Waals surface area contributed by atoms with E-state index in [2.05, 4.69) is 0 Å². The van der Waals surface area contributed by atoms with E-state index >= 15 is 0 Å². The summed E-state index contributed by atoms with van der Waals surface area (Å²) in [7, 11) is 0. The number of aliphatic hydroxyl groups excluding tert-OH is 11. The second kappa shape index (κ2) is 11.6. The molecule has 16 nitrogen and oxygen atoms in total. The number of hydrogen-bond acceptors (Lipinski definition) is 16. The Bertz CT molecular complexity index is 639. The van der Waals surface area contributed by atoms with Gasteiger partial charge in [0.05, 0.1) is 19.8 Å². The van der Waals surface area contributed by atoms with E-state index in [0.717, 1.165) is 0 Å². The van der Waals surface area contributed by atoms with E-state index in [0.29, 0.717) is 0 Å². The van der Waals surface area contributed by atoms with Gasteiger partial charge in [0.2, 0.25) is 0 Å². The molecular weight excluding hydrogens is 472 g/mol. The van der Waals surface area contributed by atoms with Crippen molar-refractivity contribution in [2.75, 3.05) is 19.8 Å². The van der Waals surface area contributed by atoms with Gasteiger partial charge < -0.3 is 79.9 Å². The van der Waals surface area contributed by atoms with E-state index in [4.69, 9.17) is 23.7 Å². The number of ether oxygens (including phenoxy) is 5. The average Bonchev–Trinajstić information content (AvgIpc) is 2.83. The zero-order valence-electron chi connectivity index (χ0n) is 17.7. The predicted octanol–water partition coefficient (Wildman–Crippen LogP) is -7.57. The highest BCUT2D eigenvalue weighted by Crippen LogP contribution is 2.32. The Labute approximate surface area is 192 Å². The molecule has 3 aliphatic rings. The van der Waals surface area contributed by atoms with Crippen LogP contribution in [0.3, 0.4) is 0 Å². The van der Waals surface area contributed by atoms with Crippen LogP contribution in [-0.4, -0.2) is 168 Å². The van der Waals surface area contributed by atoms with Crippen LogP contribution in [0, 0.1) is 0 Å². The van der Waals surface area contributed by atoms with Crippen LogP contribution in [0.4, 0.5) is 0 Å². The quantitative estimate of drug-likeness (QED) is 0.154. The zero-order valence-corrected chi connectivity index (χ0v) is 17.7. The van der Waals surface area contributed by atoms with Crippen LogP contribution in [0.5, 0.6) is 0 Å². The lowest BCUT2D eigenvalue weighted by atomic mass is 9.96. The van der Waals surface area contributed by atoms with Crippen molar-refractivity contribution in [2.45, 2.75) is 92.1 Å². The normalized spacial score (nSPS) is 52.5. The maximum absolute atomic E-state index is 10.6. The molecule has 3 fully saturated rings. The summed E-state index contributed by atoms with van der Waals surface area (Å²) in [5.74, 6) is 0. The molecule has 0 unspecified atom stereocenters. The van der Waals surface area contributed by atoms with Crippen LogP contribution in [0.2, 0.25) is 0 Å². The predicted molar refractivity (Wildman–Crippen MR) is 101 cm³/mol. The second-order valence-electron chi connectivity index (χ2n) is 8.33. The van der Waals surface area contributed by atoms with Gasteiger partial charge in [-0.1, -0.05) is 0 Å². The van der Waals surface area contributed by atoms with Crippen LogP contribution in [-0.2, 0) is 23.7 Å². The molecular formula is C18H32O16. The summed E-state index contributed by atoms with van der Waals surface area (Å²) in [5, 5.41) is 109. The minimum Gasteiger partial charge on any atom is -0.394 e. The van der Waals surface area contributed by atoms with Crippen molar-refractivity contribution in [1.82, 2.24) is 0 Å². The van der Waals surface area contributed by atoms with Crippen molar-refractivity contribution in [3.8, 4) is 0 Å². The third kappa shape index (κ3) is 5.37. The molecule has 3 heterocycles. The molecule has 15 atom stereocenters. The summed E-state index contributed by atoms with van der Waals surface area (Å²) in [4.78, 5) is 0. The summed E-state index contributed by atoms with van der Waals surface area (Å²) in [6.45, 7) is -2.31. The van der Waals surface area contributed by atoms with Crippen LogP contribution < -0.4 is 0 Å². The van der Waals surface area contributed by atoms with Crippen LogP contribution in [0.15, 0.2) is 0 Å². The molecule has 0 amide bonds. The Balaban J connectivity index is 1.82. The molecule has 0 saturated carbocycles. The molecule has 11 N–H and O–H groups in total. The molecule has 0 aromatic heterocycles. The van der Waals surface area contributed by atoms with E-state index in [1.165, 1.54) is 0 Å². The molecule has 16 heteroatoms. The third-order valence-corrected chi connectivity index (χ3v) is 6.10. The Hall–Kier alpha value is -0.640. The van der Waals surface area contributed by atoms with Gasteiger partial charge >= 0.3 is 0 Å². The van der Waals surface area contributed by atoms with E-state index < -0.39 is 112 Å². The molecule has 0 aromatic rings. The van der Waals surface area contributed by atoms with E-state index in [9.17, 15) is 56.2 Å². The summed E-state index contributed by atoms with van der Waals surface area (Å²) in [5.41, 5.74) is 0. The van der Waals surface area contributed by atoms with E-state index in [1.807, 2.05) is 0 Å². The largest absolute Gasteiger partial charge is 0.394 e. The first-order valence-corrected chi connectivity index (χ1v) is 10.6. The van der Waals surface area contributed by atoms with Crippen molar-refractivity contribution in [3.05, 3.63) is 0 Å². The molecule has 0 spiro atoms. The molecule has 0 aromatic carbocycles. The first-order valence-electron chi connectivity index (χ1n) is 10.6. The molecule has 3 aliphatic heterocycles. The minimum atomic E-state index is -1.90. The Morgan fingerprint density at radius 1 is 0.441 bits per heavy atom. The van der Waals surface area contributed by atoms with Gasteiger partial charge in [0, 0.05) is 0 Å². The van der Waals surface area contributed by atoms with Crippen molar-refractivity contribution in [1.29, 1.82) is 0 Å². The van der Waals surface area contributed by atoms with E-state index in [-0.39, 0.29) is 0 Å². The summed E-state index contributed by atoms with van der Waals surface area (Å²) in [6.07, 6.45) is -25.7. The molecule has 34 heavy (non-hydrogen) atoms. The molecule has 3 saturated heterocycles. The smallest absolute Gasteiger partial charge is 0.187 e. The van der Waals surface area contributed by atoms with Crippen molar-refractivity contribution in [2.24, 2.45) is 0 Å². The number of aliphatic hydroxyl groups is 11. The Morgan fingerprint density at radius 2 is 0.853 bits per heavy atom. The summed E-state index contributed by atoms with van der Waals surface area (Å²) >= 11 is 0. The summed E-state index contributed by atoms with van der Waals surface area (Å²) in [6, 6.07) is 0. The van der Waals surface area contributed by atoms with Gasteiger partial charge in [-0.2, -0.15) is 0 Å². The zero-order chi connectivity index (χ0) is 25.3. The lowest BCUT2D eigenvalue weighted by Gasteiger charge is -2.48. The highest BCUT2D eigenvalue weighted by atomic mass is 16.8. The summed E-state index contributed by atoms with van der Waals surface area (Å²) < 4.78 is 26.5. The van der Waals surface area contributed by atoms with Gasteiger partial charge in [-0.25, -0.2) is 0 Å². The maximum Gasteiger partial charge on any atom is 0.187 e. The standard InChI is InChI=1S/C18H32O16/c19-1-4-8(23)11(26)14(16(29)30-4)33-18-15(12(27)9(24)6(3-21)32-18)34-17-13(28)10(25)7(22)5(2-20)31-17/h4-29H,1-3H2/t4-,5-,6-,7+,8+,9+,10+,11+,12+,13-,14-,15-,16-,17-,18-/m1/s1. The molecule has 3 rings (SSSR count). The highest BCUT2D eigenvalue weighted by molar-refractivity contribution is 4.95. The van der Waals surface area contributed by atoms with Gasteiger partial charge in [-0.15, -0.1) is 0 Å². The average molecular weight is 504 g/mol. The Morgan fingerprint density at radius 3 is 1.38 bits per heavy atom. The Kier molecular flexibility index (Phi) is 9.54. The van der Waals surface area contributed by atoms with Gasteiger partial charge in [0.15, 0.2) is 18.9 Å². The SMILES string of the molecule is OC[C@H]1O[C@H](O[C@H]2[C@@H](O[C@@H]3[C@@H](O)[C@@H](O)[C@@H](CO)O[C@H]3O)O[C@H](CO)[C@H](O)[C@@H]2O)[C@H](O)[C@@H](O)[C@H]1O. The topological polar surface area (TPSA) is 269 Å². The van der Waals surface area contributed by atoms with Crippen molar-refractivity contribution in [3.63, 3.8) is 0 Å². The van der Waals surface area contributed by atoms with Crippen molar-refractivity contribution >= 4 is 0 Å². The molecule has 200 valence electrons. The maximum atomic E-state index is 10.6. The highest BCUT2D eigenvalue weighted by Gasteiger charge is 2.53. The number of rotatable bonds is 7. The number of hydrogen-bond donors (Lipinski definition) is 11. The lowest BCUT2D eigenvalue weighted by Crippen LogP contribution is -2.66. The first kappa shape index (κ1) is 27.9. The first-order chi connectivity index (χ1) is 16.0. The van der Waals surface area contributed by atoms with Gasteiger partial charge in [-0.3, -0.25) is 0 Å². The second-order valence-corrected chi connectivity index (χ2v) is 8.33.